The Morgan fingerprint density at radius 3 is 2.10 bits per heavy atom. The van der Waals surface area contributed by atoms with Crippen LogP contribution in [0.15, 0.2) is 84.9 Å². The van der Waals surface area contributed by atoms with E-state index in [1.54, 1.807) is 0 Å². The van der Waals surface area contributed by atoms with E-state index < -0.39 is 0 Å². The summed E-state index contributed by atoms with van der Waals surface area (Å²) < 4.78 is 2.49. The summed E-state index contributed by atoms with van der Waals surface area (Å²) in [7, 11) is 0. The van der Waals surface area contributed by atoms with Gasteiger partial charge in [-0.2, -0.15) is 0 Å². The summed E-state index contributed by atoms with van der Waals surface area (Å²) in [6.07, 6.45) is 9.21. The van der Waals surface area contributed by atoms with E-state index in [-0.39, 0.29) is 10.8 Å². The second kappa shape index (κ2) is 10.0. The second-order valence-corrected chi connectivity index (χ2v) is 13.0. The molecule has 0 radical (unpaired) electrons. The fourth-order valence-electron chi connectivity index (χ4n) is 6.96. The van der Waals surface area contributed by atoms with Crippen molar-refractivity contribution in [1.29, 1.82) is 0 Å². The fraction of sp³-hybridized carbons (Fsp3) is 0.368. The summed E-state index contributed by atoms with van der Waals surface area (Å²) in [5, 5.41) is 2.68. The van der Waals surface area contributed by atoms with E-state index in [1.807, 2.05) is 0 Å². The SMILES string of the molecule is CCCCCCCCC1(C)c2ccccc2-c2cc3c4ccccc4n(-c4ccc(C(C)(C)C)cc4)c3cc21. The van der Waals surface area contributed by atoms with Gasteiger partial charge in [0.25, 0.3) is 0 Å². The summed E-state index contributed by atoms with van der Waals surface area (Å²) >= 11 is 0. The molecule has 1 heterocycles. The molecule has 39 heavy (non-hydrogen) atoms. The van der Waals surface area contributed by atoms with E-state index in [0.717, 1.165) is 0 Å². The van der Waals surface area contributed by atoms with E-state index in [2.05, 4.69) is 124 Å². The highest BCUT2D eigenvalue weighted by Crippen LogP contribution is 2.53. The molecule has 200 valence electrons. The van der Waals surface area contributed by atoms with Gasteiger partial charge >= 0.3 is 0 Å². The van der Waals surface area contributed by atoms with Gasteiger partial charge in [0.05, 0.1) is 11.0 Å². The first-order valence-corrected chi connectivity index (χ1v) is 15.1. The Balaban J connectivity index is 1.50. The maximum Gasteiger partial charge on any atom is 0.0544 e. The molecule has 1 aliphatic carbocycles. The maximum atomic E-state index is 2.54. The zero-order valence-electron chi connectivity index (χ0n) is 24.5. The molecular formula is C38H43N. The first-order chi connectivity index (χ1) is 18.8. The van der Waals surface area contributed by atoms with Crippen LogP contribution in [-0.2, 0) is 10.8 Å². The van der Waals surface area contributed by atoms with E-state index in [4.69, 9.17) is 0 Å². The van der Waals surface area contributed by atoms with E-state index in [9.17, 15) is 0 Å². The average molecular weight is 514 g/mol. The number of fused-ring (bicyclic) bond motifs is 6. The zero-order valence-corrected chi connectivity index (χ0v) is 24.5. The quantitative estimate of drug-likeness (QED) is 0.182. The molecule has 6 rings (SSSR count). The van der Waals surface area contributed by atoms with Crippen LogP contribution in [0.1, 0.15) is 96.3 Å². The third-order valence-electron chi connectivity index (χ3n) is 9.24. The summed E-state index contributed by atoms with van der Waals surface area (Å²) in [4.78, 5) is 0. The Morgan fingerprint density at radius 1 is 0.641 bits per heavy atom. The van der Waals surface area contributed by atoms with E-state index >= 15 is 0 Å². The van der Waals surface area contributed by atoms with Crippen LogP contribution in [0.4, 0.5) is 0 Å². The number of unbranched alkanes of at least 4 members (excludes halogenated alkanes) is 5. The van der Waals surface area contributed by atoms with Crippen molar-refractivity contribution >= 4 is 21.8 Å². The Kier molecular flexibility index (Phi) is 6.66. The molecule has 0 bridgehead atoms. The molecule has 5 aromatic rings. The van der Waals surface area contributed by atoms with Crippen molar-refractivity contribution < 1.29 is 0 Å². The molecule has 0 spiro atoms. The van der Waals surface area contributed by atoms with Crippen LogP contribution in [0.3, 0.4) is 0 Å². The largest absolute Gasteiger partial charge is 0.309 e. The Morgan fingerprint density at radius 2 is 1.33 bits per heavy atom. The van der Waals surface area contributed by atoms with Crippen LogP contribution >= 0.6 is 0 Å². The van der Waals surface area contributed by atoms with Gasteiger partial charge in [-0.25, -0.2) is 0 Å². The molecule has 0 N–H and O–H groups in total. The number of para-hydroxylation sites is 1. The van der Waals surface area contributed by atoms with Gasteiger partial charge in [-0.05, 0) is 70.0 Å². The number of rotatable bonds is 8. The second-order valence-electron chi connectivity index (χ2n) is 13.0. The predicted octanol–water partition coefficient (Wildman–Crippen LogP) is 11.1. The number of aromatic nitrogens is 1. The number of hydrogen-bond acceptors (Lipinski definition) is 0. The molecule has 4 aromatic carbocycles. The number of nitrogens with zero attached hydrogens (tertiary/aromatic N) is 1. The van der Waals surface area contributed by atoms with Crippen molar-refractivity contribution in [2.75, 3.05) is 0 Å². The van der Waals surface area contributed by atoms with Crippen molar-refractivity contribution in [1.82, 2.24) is 4.57 Å². The zero-order chi connectivity index (χ0) is 27.2. The summed E-state index contributed by atoms with van der Waals surface area (Å²) in [6.45, 7) is 11.7. The maximum absolute atomic E-state index is 2.54. The summed E-state index contributed by atoms with van der Waals surface area (Å²) in [5.74, 6) is 0. The van der Waals surface area contributed by atoms with Crippen molar-refractivity contribution in [3.8, 4) is 16.8 Å². The third kappa shape index (κ3) is 4.41. The lowest BCUT2D eigenvalue weighted by Crippen LogP contribution is -2.20. The highest BCUT2D eigenvalue weighted by atomic mass is 15.0. The van der Waals surface area contributed by atoms with Gasteiger partial charge in [-0.15, -0.1) is 0 Å². The normalized spacial score (nSPS) is 16.6. The standard InChI is InChI=1S/C38H43N/c1-6-7-8-9-10-15-24-38(5)33-18-13-11-16-29(33)31-25-32-30-17-12-14-19-35(30)39(36(32)26-34(31)38)28-22-20-27(21-23-28)37(2,3)4/h11-14,16-23,25-26H,6-10,15,24H2,1-5H3. The highest BCUT2D eigenvalue weighted by molar-refractivity contribution is 6.11. The van der Waals surface area contributed by atoms with Gasteiger partial charge in [-0.1, -0.05) is 128 Å². The summed E-state index contributed by atoms with van der Waals surface area (Å²) in [5.41, 5.74) is 11.3. The fourth-order valence-corrected chi connectivity index (χ4v) is 6.96. The van der Waals surface area contributed by atoms with Gasteiger partial charge in [-0.3, -0.25) is 0 Å². The molecule has 1 nitrogen and oxygen atoms in total. The van der Waals surface area contributed by atoms with Crippen LogP contribution in [0.5, 0.6) is 0 Å². The third-order valence-corrected chi connectivity index (χ3v) is 9.24. The molecule has 1 atom stereocenters. The van der Waals surface area contributed by atoms with Gasteiger partial charge in [0.2, 0.25) is 0 Å². The van der Waals surface area contributed by atoms with Crippen LogP contribution < -0.4 is 0 Å². The molecule has 0 aliphatic heterocycles. The van der Waals surface area contributed by atoms with E-state index in [1.165, 1.54) is 100 Å². The van der Waals surface area contributed by atoms with Crippen LogP contribution in [0.2, 0.25) is 0 Å². The molecule has 1 unspecified atom stereocenters. The molecular weight excluding hydrogens is 470 g/mol. The first-order valence-electron chi connectivity index (χ1n) is 15.1. The first kappa shape index (κ1) is 25.9. The van der Waals surface area contributed by atoms with Gasteiger partial charge < -0.3 is 4.57 Å². The van der Waals surface area contributed by atoms with Gasteiger partial charge in [0, 0.05) is 21.9 Å². The summed E-state index contributed by atoms with van der Waals surface area (Å²) in [6, 6.07) is 32.4. The highest BCUT2D eigenvalue weighted by Gasteiger charge is 2.39. The minimum atomic E-state index is 0.0439. The van der Waals surface area contributed by atoms with Crippen molar-refractivity contribution in [2.24, 2.45) is 0 Å². The topological polar surface area (TPSA) is 4.93 Å². The number of hydrogen-bond donors (Lipinski definition) is 0. The average Bonchev–Trinajstić information content (AvgIpc) is 3.39. The number of benzene rings is 4. The minimum absolute atomic E-state index is 0.0439. The van der Waals surface area contributed by atoms with Crippen LogP contribution in [-0.4, -0.2) is 4.57 Å². The lowest BCUT2D eigenvalue weighted by Gasteiger charge is -2.28. The smallest absolute Gasteiger partial charge is 0.0544 e. The van der Waals surface area contributed by atoms with E-state index in [0.29, 0.717) is 0 Å². The van der Waals surface area contributed by atoms with Crippen LogP contribution in [0, 0.1) is 0 Å². The van der Waals surface area contributed by atoms with Crippen LogP contribution in [0.25, 0.3) is 38.6 Å². The minimum Gasteiger partial charge on any atom is -0.309 e. The van der Waals surface area contributed by atoms with Crippen molar-refractivity contribution in [2.45, 2.75) is 90.4 Å². The van der Waals surface area contributed by atoms with Crippen molar-refractivity contribution in [3.63, 3.8) is 0 Å². The monoisotopic (exact) mass is 513 g/mol. The molecule has 1 heteroatoms. The van der Waals surface area contributed by atoms with Gasteiger partial charge in [0.15, 0.2) is 0 Å². The lowest BCUT2D eigenvalue weighted by molar-refractivity contribution is 0.481. The van der Waals surface area contributed by atoms with Gasteiger partial charge in [0.1, 0.15) is 0 Å². The molecule has 0 amide bonds. The Labute approximate surface area is 234 Å². The molecule has 1 aromatic heterocycles. The molecule has 1 aliphatic rings. The molecule has 0 saturated heterocycles. The molecule has 0 fully saturated rings. The lowest BCUT2D eigenvalue weighted by atomic mass is 9.76. The Hall–Kier alpha value is -3.32. The van der Waals surface area contributed by atoms with Crippen molar-refractivity contribution in [3.05, 3.63) is 102 Å². The molecule has 0 saturated carbocycles. The Bertz CT molecular complexity index is 1630. The predicted molar refractivity (Wildman–Crippen MR) is 169 cm³/mol.